The van der Waals surface area contributed by atoms with Crippen LogP contribution >= 0.6 is 0 Å². The van der Waals surface area contributed by atoms with E-state index >= 15 is 4.79 Å². The molecule has 84 heavy (non-hydrogen) atoms. The number of amides is 2. The maximum atomic E-state index is 17.6. The molecule has 3 heterocycles. The van der Waals surface area contributed by atoms with Crippen molar-refractivity contribution in [1.82, 2.24) is 0 Å². The zero-order valence-electron chi connectivity index (χ0n) is 45.5. The van der Waals surface area contributed by atoms with Crippen LogP contribution < -0.4 is 42.6 Å². The molecule has 5 heteroatoms. The number of anilines is 4. The Morgan fingerprint density at radius 2 is 0.488 bits per heavy atom. The summed E-state index contributed by atoms with van der Waals surface area (Å²) in [5.74, 6) is 0. The summed E-state index contributed by atoms with van der Waals surface area (Å²) in [4.78, 5) is 22.0. The Balaban J connectivity index is 1.02. The van der Waals surface area contributed by atoms with Crippen LogP contribution in [0.4, 0.5) is 27.5 Å². The van der Waals surface area contributed by atoms with E-state index in [2.05, 4.69) is 289 Å². The summed E-state index contributed by atoms with van der Waals surface area (Å²) in [6, 6.07) is 103. The van der Waals surface area contributed by atoms with Crippen molar-refractivity contribution in [3.05, 3.63) is 279 Å². The second-order valence-corrected chi connectivity index (χ2v) is 23.1. The lowest BCUT2D eigenvalue weighted by atomic mass is 9.32. The van der Waals surface area contributed by atoms with Gasteiger partial charge in [-0.2, -0.15) is 0 Å². The van der Waals surface area contributed by atoms with Gasteiger partial charge in [-0.15, -0.1) is 0 Å². The first-order valence-corrected chi connectivity index (χ1v) is 29.3. The number of urea groups is 1. The van der Waals surface area contributed by atoms with Crippen LogP contribution in [0, 0.1) is 0 Å². The number of benzene rings is 16. The topological polar surface area (TPSA) is 23.6 Å². The fraction of sp³-hybridized carbons (Fsp3) is 0. The van der Waals surface area contributed by atoms with Gasteiger partial charge >= 0.3 is 6.03 Å². The van der Waals surface area contributed by atoms with Gasteiger partial charge in [-0.25, -0.2) is 4.79 Å². The molecular weight excluding hydrogens is 1010 g/mol. The summed E-state index contributed by atoms with van der Waals surface area (Å²) in [6.07, 6.45) is 0. The highest BCUT2D eigenvalue weighted by molar-refractivity contribution is 7.04. The molecule has 0 aliphatic carbocycles. The Morgan fingerprint density at radius 3 is 0.821 bits per heavy atom. The van der Waals surface area contributed by atoms with Crippen LogP contribution in [0.5, 0.6) is 0 Å². The molecule has 0 unspecified atom stereocenters. The van der Waals surface area contributed by atoms with Crippen molar-refractivity contribution < 1.29 is 4.79 Å². The van der Waals surface area contributed by atoms with Crippen molar-refractivity contribution in [2.75, 3.05) is 9.80 Å². The van der Waals surface area contributed by atoms with Gasteiger partial charge in [-0.3, -0.25) is 9.80 Å². The predicted octanol–water partition coefficient (Wildman–Crippen LogP) is 16.5. The van der Waals surface area contributed by atoms with Gasteiger partial charge in [0.05, 0.1) is 22.7 Å². The van der Waals surface area contributed by atoms with Gasteiger partial charge < -0.3 is 0 Å². The Hall–Kier alpha value is -10.7. The number of hydrogen-bond donors (Lipinski definition) is 0. The third-order valence-electron chi connectivity index (χ3n) is 19.2. The van der Waals surface area contributed by atoms with Crippen LogP contribution in [0.2, 0.25) is 0 Å². The lowest BCUT2D eigenvalue weighted by Gasteiger charge is -2.47. The minimum absolute atomic E-state index is 0.0766. The highest BCUT2D eigenvalue weighted by atomic mass is 16.2. The second kappa shape index (κ2) is 17.2. The zero-order chi connectivity index (χ0) is 54.9. The van der Waals surface area contributed by atoms with Crippen LogP contribution in [0.3, 0.4) is 0 Å². The average molecular weight is 1060 g/mol. The molecular formula is C79H46B2N2O. The summed E-state index contributed by atoms with van der Waals surface area (Å²) in [6.45, 7) is -0.593. The number of carbonyl (C=O) groups excluding carboxylic acids is 1. The monoisotopic (exact) mass is 1060 g/mol. The summed E-state index contributed by atoms with van der Waals surface area (Å²) >= 11 is 0. The molecule has 0 saturated carbocycles. The molecule has 0 spiro atoms. The van der Waals surface area contributed by atoms with Gasteiger partial charge in [0.2, 0.25) is 13.4 Å². The summed E-state index contributed by atoms with van der Waals surface area (Å²) in [7, 11) is 0. The predicted molar refractivity (Wildman–Crippen MR) is 360 cm³/mol. The Labute approximate surface area is 485 Å². The Bertz CT molecular complexity index is 5170. The number of nitrogens with zero attached hydrogens (tertiary/aromatic N) is 2. The molecule has 0 aromatic heterocycles. The number of fused-ring (bicyclic) bond motifs is 18. The molecule has 16 aromatic carbocycles. The van der Waals surface area contributed by atoms with Crippen LogP contribution in [0.15, 0.2) is 279 Å². The van der Waals surface area contributed by atoms with Crippen LogP contribution in [0.25, 0.3) is 119 Å². The van der Waals surface area contributed by atoms with E-state index in [1.165, 1.54) is 87.0 Å². The molecule has 0 radical (unpaired) electrons. The standard InChI is InChI=1S/C79H46B2N2O/c84-79-82-75-64-41-21-9-29-52(64)50-27-7-15-35-58(50)73(75)80(71-60-37-17-11-31-54(60)68(47-23-3-1-4-24-47)55-32-12-18-38-61(55)71)66-45-43-49-44-46-67-78(70(49)77(66)82)83(79)76-65-42-22-10-30-53(65)51-28-8-16-36-59(51)74(76)81(67)72-62-39-19-13-33-56(62)69(48-25-5-2-6-26-48)57-34-14-20-40-63(57)72/h1-46H. The third kappa shape index (κ3) is 5.94. The molecule has 2 amide bonds. The van der Waals surface area contributed by atoms with Crippen molar-refractivity contribution in [1.29, 1.82) is 0 Å². The van der Waals surface area contributed by atoms with Crippen LogP contribution in [-0.2, 0) is 0 Å². The SMILES string of the molecule is O=C1N2c3c(c4ccccc4c4ccccc34)B(c3c4ccccc4c(-c4ccccc4)c4ccccc34)c3ccc4ccc5c(c4c32)N1c1c(c2ccccc2c2ccccc12)B5c1c2ccccc2c(-c2ccccc2)c2ccccc12. The van der Waals surface area contributed by atoms with Gasteiger partial charge in [0.25, 0.3) is 0 Å². The highest BCUT2D eigenvalue weighted by Gasteiger charge is 2.51. The molecule has 16 aromatic rings. The first kappa shape index (κ1) is 45.9. The van der Waals surface area contributed by atoms with Gasteiger partial charge in [0.15, 0.2) is 0 Å². The maximum Gasteiger partial charge on any atom is 0.338 e. The van der Waals surface area contributed by atoms with Crippen molar-refractivity contribution in [2.24, 2.45) is 0 Å². The molecule has 3 aliphatic rings. The van der Waals surface area contributed by atoms with Crippen molar-refractivity contribution in [3.63, 3.8) is 0 Å². The quantitative estimate of drug-likeness (QED) is 0.0979. The fourth-order valence-corrected chi connectivity index (χ4v) is 16.1. The third-order valence-corrected chi connectivity index (χ3v) is 19.2. The number of carbonyl (C=O) groups is 1. The first-order valence-electron chi connectivity index (χ1n) is 29.3. The Morgan fingerprint density at radius 1 is 0.226 bits per heavy atom. The van der Waals surface area contributed by atoms with Crippen LogP contribution in [-0.4, -0.2) is 19.5 Å². The fourth-order valence-electron chi connectivity index (χ4n) is 16.1. The van der Waals surface area contributed by atoms with E-state index in [1.54, 1.807) is 0 Å². The lowest BCUT2D eigenvalue weighted by Crippen LogP contribution is -2.64. The molecule has 3 nitrogen and oxygen atoms in total. The van der Waals surface area contributed by atoms with Gasteiger partial charge in [0, 0.05) is 16.2 Å². The minimum atomic E-state index is -0.296. The van der Waals surface area contributed by atoms with Crippen molar-refractivity contribution >= 4 is 172 Å². The number of hydrogen-bond acceptors (Lipinski definition) is 1. The molecule has 0 atom stereocenters. The average Bonchev–Trinajstić information content (AvgIpc) is 0.706. The smallest absolute Gasteiger partial charge is 0.262 e. The molecule has 0 fully saturated rings. The van der Waals surface area contributed by atoms with E-state index in [-0.39, 0.29) is 19.5 Å². The van der Waals surface area contributed by atoms with Gasteiger partial charge in [-0.05, 0) is 125 Å². The van der Waals surface area contributed by atoms with Crippen LogP contribution in [0.1, 0.15) is 0 Å². The van der Waals surface area contributed by atoms with Gasteiger partial charge in [-0.1, -0.05) is 290 Å². The molecule has 0 saturated heterocycles. The zero-order valence-corrected chi connectivity index (χ0v) is 45.5. The second-order valence-electron chi connectivity index (χ2n) is 23.1. The van der Waals surface area contributed by atoms with Gasteiger partial charge in [0.1, 0.15) is 0 Å². The van der Waals surface area contributed by atoms with E-state index < -0.39 is 0 Å². The normalized spacial score (nSPS) is 13.4. The summed E-state index contributed by atoms with van der Waals surface area (Å²) < 4.78 is 0. The minimum Gasteiger partial charge on any atom is -0.262 e. The molecule has 384 valence electrons. The van der Waals surface area contributed by atoms with E-state index in [0.29, 0.717) is 0 Å². The van der Waals surface area contributed by atoms with E-state index in [0.717, 1.165) is 87.7 Å². The first-order chi connectivity index (χ1) is 41.7. The van der Waals surface area contributed by atoms with Crippen molar-refractivity contribution in [2.45, 2.75) is 0 Å². The lowest BCUT2D eigenvalue weighted by molar-refractivity contribution is 0.255. The molecule has 0 bridgehead atoms. The highest BCUT2D eigenvalue weighted by Crippen LogP contribution is 2.52. The summed E-state index contributed by atoms with van der Waals surface area (Å²) in [5, 5.41) is 20.8. The Kier molecular flexibility index (Phi) is 9.38. The number of rotatable bonds is 4. The van der Waals surface area contributed by atoms with E-state index in [9.17, 15) is 0 Å². The molecule has 0 N–H and O–H groups in total. The molecule has 3 aliphatic heterocycles. The maximum absolute atomic E-state index is 17.6. The largest absolute Gasteiger partial charge is 0.338 e. The van der Waals surface area contributed by atoms with E-state index in [1.807, 2.05) is 0 Å². The summed E-state index contributed by atoms with van der Waals surface area (Å²) in [5.41, 5.74) is 15.7. The molecule has 19 rings (SSSR count). The van der Waals surface area contributed by atoms with Crippen molar-refractivity contribution in [3.8, 4) is 22.3 Å². The van der Waals surface area contributed by atoms with E-state index in [4.69, 9.17) is 0 Å².